The summed E-state index contributed by atoms with van der Waals surface area (Å²) in [6, 6.07) is 23.3. The number of nitrogens with zero attached hydrogens (tertiary/aromatic N) is 2. The number of amides is 1. The summed E-state index contributed by atoms with van der Waals surface area (Å²) in [6.45, 7) is 3.01. The Morgan fingerprint density at radius 3 is 2.60 bits per heavy atom. The van der Waals surface area contributed by atoms with Gasteiger partial charge in [-0.05, 0) is 42.8 Å². The average molecular weight is 400 g/mol. The number of hydrogen-bond acceptors (Lipinski definition) is 4. The lowest BCUT2D eigenvalue weighted by Crippen LogP contribution is -2.23. The van der Waals surface area contributed by atoms with Crippen LogP contribution in [-0.4, -0.2) is 30.3 Å². The Labute approximate surface area is 176 Å². The molecule has 3 aromatic rings. The summed E-state index contributed by atoms with van der Waals surface area (Å²) in [6.07, 6.45) is 0.699. The third-order valence-corrected chi connectivity index (χ3v) is 5.04. The van der Waals surface area contributed by atoms with Gasteiger partial charge in [-0.3, -0.25) is 4.79 Å². The lowest BCUT2D eigenvalue weighted by molar-refractivity contribution is 0.0778. The molecule has 0 radical (unpaired) electrons. The van der Waals surface area contributed by atoms with E-state index >= 15 is 0 Å². The van der Waals surface area contributed by atoms with Crippen molar-refractivity contribution >= 4 is 11.6 Å². The van der Waals surface area contributed by atoms with E-state index in [0.29, 0.717) is 36.6 Å². The lowest BCUT2D eigenvalue weighted by Gasteiger charge is -2.12. The van der Waals surface area contributed by atoms with Crippen molar-refractivity contribution < 1.29 is 14.3 Å². The number of carbonyl (C=O) groups excluding carboxylic acids is 1. The molecule has 5 nitrogen and oxygen atoms in total. The Bertz CT molecular complexity index is 1080. The number of hydrogen-bond donors (Lipinski definition) is 0. The van der Waals surface area contributed by atoms with Crippen LogP contribution in [0.3, 0.4) is 0 Å². The van der Waals surface area contributed by atoms with E-state index in [0.717, 1.165) is 22.4 Å². The number of ether oxygens (including phenoxy) is 2. The van der Waals surface area contributed by atoms with Gasteiger partial charge in [0.05, 0.1) is 19.4 Å². The minimum atomic E-state index is -0.0801. The van der Waals surface area contributed by atoms with Crippen LogP contribution in [-0.2, 0) is 6.61 Å². The van der Waals surface area contributed by atoms with E-state index in [1.54, 1.807) is 7.11 Å². The largest absolute Gasteiger partial charge is 0.493 e. The summed E-state index contributed by atoms with van der Waals surface area (Å²) in [4.78, 5) is 12.7. The number of carbonyl (C=O) groups is 1. The molecule has 1 aliphatic heterocycles. The second-order valence-corrected chi connectivity index (χ2v) is 7.23. The molecule has 30 heavy (non-hydrogen) atoms. The van der Waals surface area contributed by atoms with Gasteiger partial charge in [-0.2, -0.15) is 5.10 Å². The molecular weight excluding hydrogens is 376 g/mol. The highest BCUT2D eigenvalue weighted by Crippen LogP contribution is 2.30. The predicted molar refractivity (Wildman–Crippen MR) is 117 cm³/mol. The number of methoxy groups -OCH3 is 1. The molecule has 5 heteroatoms. The third-order valence-electron chi connectivity index (χ3n) is 5.04. The Kier molecular flexibility index (Phi) is 5.80. The highest BCUT2D eigenvalue weighted by molar-refractivity contribution is 6.04. The maximum Gasteiger partial charge on any atom is 0.273 e. The summed E-state index contributed by atoms with van der Waals surface area (Å²) in [5, 5.41) is 6.11. The van der Waals surface area contributed by atoms with Crippen LogP contribution in [0.2, 0.25) is 0 Å². The zero-order chi connectivity index (χ0) is 20.9. The maximum atomic E-state index is 12.7. The molecule has 1 heterocycles. The van der Waals surface area contributed by atoms with Crippen LogP contribution >= 0.6 is 0 Å². The van der Waals surface area contributed by atoms with Gasteiger partial charge in [0.1, 0.15) is 6.61 Å². The Morgan fingerprint density at radius 2 is 1.83 bits per heavy atom. The summed E-state index contributed by atoms with van der Waals surface area (Å²) in [7, 11) is 1.62. The monoisotopic (exact) mass is 400 g/mol. The van der Waals surface area contributed by atoms with Gasteiger partial charge in [0.25, 0.3) is 5.91 Å². The Balaban J connectivity index is 1.50. The quantitative estimate of drug-likeness (QED) is 0.595. The van der Waals surface area contributed by atoms with Crippen molar-refractivity contribution in [2.75, 3.05) is 13.7 Å². The molecule has 0 unspecified atom stereocenters. The first-order valence-corrected chi connectivity index (χ1v) is 9.95. The van der Waals surface area contributed by atoms with Gasteiger partial charge in [0, 0.05) is 17.5 Å². The number of rotatable bonds is 6. The van der Waals surface area contributed by atoms with E-state index in [-0.39, 0.29) is 5.91 Å². The summed E-state index contributed by atoms with van der Waals surface area (Å²) < 4.78 is 11.5. The molecule has 152 valence electrons. The van der Waals surface area contributed by atoms with Crippen molar-refractivity contribution in [1.29, 1.82) is 0 Å². The van der Waals surface area contributed by atoms with Gasteiger partial charge < -0.3 is 9.47 Å². The fraction of sp³-hybridized carbons (Fsp3) is 0.200. The van der Waals surface area contributed by atoms with Crippen LogP contribution in [0.25, 0.3) is 0 Å². The fourth-order valence-corrected chi connectivity index (χ4v) is 3.44. The van der Waals surface area contributed by atoms with E-state index in [1.807, 2.05) is 79.7 Å². The molecule has 0 N–H and O–H groups in total. The normalized spacial score (nSPS) is 13.1. The molecule has 0 spiro atoms. The molecule has 0 aromatic heterocycles. The second kappa shape index (κ2) is 8.82. The smallest absolute Gasteiger partial charge is 0.273 e. The van der Waals surface area contributed by atoms with E-state index in [1.165, 1.54) is 5.01 Å². The van der Waals surface area contributed by atoms with Crippen molar-refractivity contribution in [2.24, 2.45) is 5.10 Å². The molecule has 1 aliphatic rings. The maximum absolute atomic E-state index is 12.7. The van der Waals surface area contributed by atoms with Gasteiger partial charge in [-0.15, -0.1) is 0 Å². The van der Waals surface area contributed by atoms with Crippen molar-refractivity contribution in [2.45, 2.75) is 20.0 Å². The molecule has 0 saturated heterocycles. The highest BCUT2D eigenvalue weighted by atomic mass is 16.5. The summed E-state index contributed by atoms with van der Waals surface area (Å²) in [5.41, 5.74) is 4.60. The van der Waals surface area contributed by atoms with E-state index < -0.39 is 0 Å². The van der Waals surface area contributed by atoms with Gasteiger partial charge in [-0.1, -0.05) is 48.0 Å². The minimum Gasteiger partial charge on any atom is -0.493 e. The molecule has 0 bridgehead atoms. The van der Waals surface area contributed by atoms with Crippen LogP contribution in [0, 0.1) is 6.92 Å². The SMILES string of the molecule is COc1cc(C2=NN(C(=O)c3cccc(C)c3)CC2)ccc1OCc1ccccc1. The van der Waals surface area contributed by atoms with Crippen LogP contribution in [0.5, 0.6) is 11.5 Å². The van der Waals surface area contributed by atoms with E-state index in [9.17, 15) is 4.79 Å². The Hall–Kier alpha value is -3.60. The number of aryl methyl sites for hydroxylation is 1. The molecule has 1 amide bonds. The summed E-state index contributed by atoms with van der Waals surface area (Å²) in [5.74, 6) is 1.24. The minimum absolute atomic E-state index is 0.0801. The van der Waals surface area contributed by atoms with Crippen molar-refractivity contribution in [1.82, 2.24) is 5.01 Å². The van der Waals surface area contributed by atoms with Crippen LogP contribution in [0.1, 0.15) is 33.5 Å². The molecule has 0 fully saturated rings. The lowest BCUT2D eigenvalue weighted by atomic mass is 10.1. The number of hydrazone groups is 1. The number of benzene rings is 3. The highest BCUT2D eigenvalue weighted by Gasteiger charge is 2.23. The van der Waals surface area contributed by atoms with Gasteiger partial charge in [0.2, 0.25) is 0 Å². The topological polar surface area (TPSA) is 51.1 Å². The van der Waals surface area contributed by atoms with Crippen molar-refractivity contribution in [3.8, 4) is 11.5 Å². The van der Waals surface area contributed by atoms with Gasteiger partial charge in [0.15, 0.2) is 11.5 Å². The van der Waals surface area contributed by atoms with Gasteiger partial charge in [-0.25, -0.2) is 5.01 Å². The van der Waals surface area contributed by atoms with E-state index in [4.69, 9.17) is 9.47 Å². The van der Waals surface area contributed by atoms with Crippen LogP contribution in [0.15, 0.2) is 77.9 Å². The van der Waals surface area contributed by atoms with E-state index in [2.05, 4.69) is 5.10 Å². The van der Waals surface area contributed by atoms with Crippen LogP contribution < -0.4 is 9.47 Å². The molecule has 0 atom stereocenters. The molecule has 0 saturated carbocycles. The molecule has 4 rings (SSSR count). The first-order valence-electron chi connectivity index (χ1n) is 9.95. The Morgan fingerprint density at radius 1 is 1.00 bits per heavy atom. The molecule has 0 aliphatic carbocycles. The molecular formula is C25H24N2O3. The second-order valence-electron chi connectivity index (χ2n) is 7.23. The van der Waals surface area contributed by atoms with Gasteiger partial charge >= 0.3 is 0 Å². The predicted octanol–water partition coefficient (Wildman–Crippen LogP) is 4.83. The third kappa shape index (κ3) is 4.35. The van der Waals surface area contributed by atoms with Crippen molar-refractivity contribution in [3.05, 3.63) is 95.1 Å². The first-order chi connectivity index (χ1) is 14.6. The van der Waals surface area contributed by atoms with Crippen LogP contribution in [0.4, 0.5) is 0 Å². The first kappa shape index (κ1) is 19.7. The summed E-state index contributed by atoms with van der Waals surface area (Å²) >= 11 is 0. The van der Waals surface area contributed by atoms with Crippen molar-refractivity contribution in [3.63, 3.8) is 0 Å². The zero-order valence-corrected chi connectivity index (χ0v) is 17.2. The zero-order valence-electron chi connectivity index (χ0n) is 17.2. The molecule has 3 aromatic carbocycles. The standard InChI is InChI=1S/C25H24N2O3/c1-18-7-6-10-21(15-18)25(28)27-14-13-22(26-27)20-11-12-23(24(16-20)29-2)30-17-19-8-4-3-5-9-19/h3-12,15-16H,13-14,17H2,1-2H3. The fourth-order valence-electron chi connectivity index (χ4n) is 3.44. The average Bonchev–Trinajstić information content (AvgIpc) is 3.28.